The molecule has 0 spiro atoms. The highest BCUT2D eigenvalue weighted by molar-refractivity contribution is 7.14. The second kappa shape index (κ2) is 5.68. The van der Waals surface area contributed by atoms with Gasteiger partial charge in [-0.2, -0.15) is 0 Å². The molecule has 104 valence electrons. The zero-order chi connectivity index (χ0) is 14.7. The van der Waals surface area contributed by atoms with Crippen LogP contribution in [0.25, 0.3) is 11.3 Å². The first-order valence-electron chi connectivity index (χ1n) is 6.10. The summed E-state index contributed by atoms with van der Waals surface area (Å²) in [6.45, 7) is 0. The monoisotopic (exact) mass is 298 g/mol. The van der Waals surface area contributed by atoms with E-state index in [2.05, 4.69) is 15.3 Å². The fraction of sp³-hybridized carbons (Fsp3) is 0. The Balaban J connectivity index is 1.80. The van der Waals surface area contributed by atoms with Crippen molar-refractivity contribution >= 4 is 27.8 Å². The van der Waals surface area contributed by atoms with Crippen LogP contribution in [0.1, 0.15) is 0 Å². The lowest BCUT2D eigenvalue weighted by molar-refractivity contribution is -0.384. The van der Waals surface area contributed by atoms with Gasteiger partial charge in [-0.15, -0.1) is 11.3 Å². The van der Waals surface area contributed by atoms with Gasteiger partial charge in [-0.1, -0.05) is 0 Å². The molecule has 0 aliphatic rings. The molecule has 2 heterocycles. The zero-order valence-electron chi connectivity index (χ0n) is 10.8. The number of aromatic nitrogens is 2. The van der Waals surface area contributed by atoms with Gasteiger partial charge in [0.1, 0.15) is 0 Å². The molecule has 0 radical (unpaired) electrons. The molecule has 0 amide bonds. The average Bonchev–Trinajstić information content (AvgIpc) is 2.97. The van der Waals surface area contributed by atoms with Crippen molar-refractivity contribution in [1.29, 1.82) is 0 Å². The summed E-state index contributed by atoms with van der Waals surface area (Å²) in [5.74, 6) is 0. The summed E-state index contributed by atoms with van der Waals surface area (Å²) in [6.07, 6.45) is 3.42. The fourth-order valence-electron chi connectivity index (χ4n) is 1.78. The molecule has 0 fully saturated rings. The Labute approximate surface area is 124 Å². The summed E-state index contributed by atoms with van der Waals surface area (Å²) in [7, 11) is 0. The molecule has 3 rings (SSSR count). The van der Waals surface area contributed by atoms with Gasteiger partial charge >= 0.3 is 0 Å². The minimum absolute atomic E-state index is 0.0719. The predicted molar refractivity (Wildman–Crippen MR) is 81.7 cm³/mol. The van der Waals surface area contributed by atoms with Crippen molar-refractivity contribution in [3.05, 3.63) is 64.3 Å². The van der Waals surface area contributed by atoms with Crippen LogP contribution in [0, 0.1) is 10.1 Å². The summed E-state index contributed by atoms with van der Waals surface area (Å²) >= 11 is 1.47. The number of pyridine rings is 1. The molecule has 0 aliphatic heterocycles. The van der Waals surface area contributed by atoms with Crippen LogP contribution in [0.3, 0.4) is 0 Å². The van der Waals surface area contributed by atoms with Crippen LogP contribution in [-0.2, 0) is 0 Å². The van der Waals surface area contributed by atoms with Gasteiger partial charge in [-0.3, -0.25) is 15.1 Å². The molecule has 0 unspecified atom stereocenters. The molecule has 3 aromatic rings. The highest BCUT2D eigenvalue weighted by atomic mass is 32.1. The fourth-order valence-corrected chi connectivity index (χ4v) is 2.52. The van der Waals surface area contributed by atoms with Gasteiger partial charge in [0.2, 0.25) is 0 Å². The van der Waals surface area contributed by atoms with Crippen LogP contribution >= 0.6 is 11.3 Å². The number of hydrogen-bond donors (Lipinski definition) is 1. The summed E-state index contributed by atoms with van der Waals surface area (Å²) < 4.78 is 0. The summed E-state index contributed by atoms with van der Waals surface area (Å²) in [5.41, 5.74) is 2.56. The van der Waals surface area contributed by atoms with E-state index in [1.807, 2.05) is 17.5 Å². The Hall–Kier alpha value is -2.80. The third-order valence-electron chi connectivity index (χ3n) is 2.79. The highest BCUT2D eigenvalue weighted by Crippen LogP contribution is 2.27. The summed E-state index contributed by atoms with van der Waals surface area (Å²) in [5, 5.41) is 16.4. The first kappa shape index (κ1) is 13.2. The van der Waals surface area contributed by atoms with E-state index < -0.39 is 4.92 Å². The number of nitro groups is 1. The lowest BCUT2D eigenvalue weighted by Crippen LogP contribution is -1.90. The molecule has 1 aromatic carbocycles. The van der Waals surface area contributed by atoms with Crippen molar-refractivity contribution in [2.45, 2.75) is 0 Å². The van der Waals surface area contributed by atoms with Gasteiger partial charge in [0.15, 0.2) is 5.13 Å². The van der Waals surface area contributed by atoms with Crippen molar-refractivity contribution in [3.8, 4) is 11.3 Å². The topological polar surface area (TPSA) is 81.0 Å². The molecule has 0 saturated carbocycles. The van der Waals surface area contributed by atoms with Crippen LogP contribution in [0.4, 0.5) is 16.5 Å². The van der Waals surface area contributed by atoms with Crippen LogP contribution in [-0.4, -0.2) is 14.9 Å². The molecule has 7 heteroatoms. The van der Waals surface area contributed by atoms with E-state index in [4.69, 9.17) is 0 Å². The van der Waals surface area contributed by atoms with E-state index >= 15 is 0 Å². The van der Waals surface area contributed by atoms with E-state index in [0.717, 1.165) is 22.1 Å². The maximum Gasteiger partial charge on any atom is 0.269 e. The summed E-state index contributed by atoms with van der Waals surface area (Å²) in [4.78, 5) is 18.7. The Kier molecular flexibility index (Phi) is 3.57. The Morgan fingerprint density at radius 3 is 2.67 bits per heavy atom. The van der Waals surface area contributed by atoms with Gasteiger partial charge in [-0.05, 0) is 24.3 Å². The maximum atomic E-state index is 10.6. The number of nitrogens with zero attached hydrogens (tertiary/aromatic N) is 3. The number of rotatable bonds is 4. The molecule has 0 bridgehead atoms. The third kappa shape index (κ3) is 3.03. The molecular weight excluding hydrogens is 288 g/mol. The third-order valence-corrected chi connectivity index (χ3v) is 3.55. The first-order valence-corrected chi connectivity index (χ1v) is 6.98. The van der Waals surface area contributed by atoms with E-state index in [0.29, 0.717) is 0 Å². The molecule has 0 aliphatic carbocycles. The van der Waals surface area contributed by atoms with E-state index in [1.54, 1.807) is 24.5 Å². The average molecular weight is 298 g/mol. The normalized spacial score (nSPS) is 10.3. The van der Waals surface area contributed by atoms with Crippen LogP contribution in [0.15, 0.2) is 54.2 Å². The second-order valence-electron chi connectivity index (χ2n) is 4.21. The number of nitrogens with one attached hydrogen (secondary N) is 1. The number of thiazole rings is 1. The minimum Gasteiger partial charge on any atom is -0.330 e. The number of non-ortho nitro benzene ring substituents is 1. The summed E-state index contributed by atoms with van der Waals surface area (Å²) in [6, 6.07) is 10.1. The number of anilines is 2. The second-order valence-corrected chi connectivity index (χ2v) is 5.07. The lowest BCUT2D eigenvalue weighted by Gasteiger charge is -2.00. The molecular formula is C14H10N4O2S. The Morgan fingerprint density at radius 2 is 2.00 bits per heavy atom. The van der Waals surface area contributed by atoms with Crippen molar-refractivity contribution in [1.82, 2.24) is 9.97 Å². The molecule has 21 heavy (non-hydrogen) atoms. The highest BCUT2D eigenvalue weighted by Gasteiger charge is 2.08. The van der Waals surface area contributed by atoms with Crippen molar-refractivity contribution < 1.29 is 4.92 Å². The molecule has 6 nitrogen and oxygen atoms in total. The number of hydrogen-bond acceptors (Lipinski definition) is 6. The van der Waals surface area contributed by atoms with Crippen molar-refractivity contribution in [2.24, 2.45) is 0 Å². The molecule has 0 saturated heterocycles. The van der Waals surface area contributed by atoms with Gasteiger partial charge in [0.05, 0.1) is 22.5 Å². The van der Waals surface area contributed by atoms with Gasteiger partial charge in [-0.25, -0.2) is 4.98 Å². The van der Waals surface area contributed by atoms with E-state index in [1.165, 1.54) is 23.5 Å². The van der Waals surface area contributed by atoms with Gasteiger partial charge in [0.25, 0.3) is 5.69 Å². The van der Waals surface area contributed by atoms with Crippen molar-refractivity contribution in [2.75, 3.05) is 5.32 Å². The number of benzene rings is 1. The molecule has 0 atom stereocenters. The van der Waals surface area contributed by atoms with Gasteiger partial charge in [0, 0.05) is 29.3 Å². The molecule has 2 aromatic heterocycles. The quantitative estimate of drug-likeness (QED) is 0.584. The first-order chi connectivity index (χ1) is 10.2. The van der Waals surface area contributed by atoms with E-state index in [9.17, 15) is 10.1 Å². The van der Waals surface area contributed by atoms with Crippen LogP contribution in [0.2, 0.25) is 0 Å². The predicted octanol–water partition coefficient (Wildman–Crippen LogP) is 3.86. The SMILES string of the molecule is O=[N+]([O-])c1ccc(-c2csc(Nc3cccnc3)n2)cc1. The smallest absolute Gasteiger partial charge is 0.269 e. The standard InChI is InChI=1S/C14H10N4O2S/c19-18(20)12-5-3-10(4-6-12)13-9-21-14(17-13)16-11-2-1-7-15-8-11/h1-9H,(H,16,17). The number of nitro benzene ring substituents is 1. The lowest BCUT2D eigenvalue weighted by atomic mass is 10.1. The maximum absolute atomic E-state index is 10.6. The Bertz CT molecular complexity index is 756. The van der Waals surface area contributed by atoms with Crippen LogP contribution < -0.4 is 5.32 Å². The zero-order valence-corrected chi connectivity index (χ0v) is 11.6. The van der Waals surface area contributed by atoms with Crippen molar-refractivity contribution in [3.63, 3.8) is 0 Å². The van der Waals surface area contributed by atoms with Gasteiger partial charge < -0.3 is 5.32 Å². The largest absolute Gasteiger partial charge is 0.330 e. The Morgan fingerprint density at radius 1 is 1.19 bits per heavy atom. The van der Waals surface area contributed by atoms with Crippen LogP contribution in [0.5, 0.6) is 0 Å². The van der Waals surface area contributed by atoms with E-state index in [-0.39, 0.29) is 5.69 Å². The minimum atomic E-state index is -0.416. The molecule has 1 N–H and O–H groups in total.